The Balaban J connectivity index is 3.28. The summed E-state index contributed by atoms with van der Waals surface area (Å²) < 4.78 is 36.3. The van der Waals surface area contributed by atoms with Crippen LogP contribution in [-0.2, 0) is 0 Å². The highest BCUT2D eigenvalue weighted by molar-refractivity contribution is 6.30. The average Bonchev–Trinajstić information content (AvgIpc) is 1.84. The molecule has 0 aliphatic rings. The minimum atomic E-state index is -1.36. The van der Waals surface area contributed by atoms with Crippen molar-refractivity contribution >= 4 is 11.6 Å². The largest absolute Gasteiger partial charge is 0.205 e. The Bertz CT molecular complexity index is 209. The van der Waals surface area contributed by atoms with Crippen molar-refractivity contribution in [1.29, 1.82) is 0 Å². The molecule has 0 aliphatic carbocycles. The first-order valence-electron chi connectivity index (χ1n) is 2.33. The molecule has 0 amide bonds. The van der Waals surface area contributed by atoms with Gasteiger partial charge in [0, 0.05) is 0 Å². The van der Waals surface area contributed by atoms with Crippen LogP contribution >= 0.6 is 11.6 Å². The lowest BCUT2D eigenvalue weighted by Crippen LogP contribution is -1.86. The fraction of sp³-hybridized carbons (Fsp3) is 0. The molecule has 0 aromatic heterocycles. The Morgan fingerprint density at radius 2 is 1.80 bits per heavy atom. The van der Waals surface area contributed by atoms with Gasteiger partial charge < -0.3 is 0 Å². The van der Waals surface area contributed by atoms with Crippen LogP contribution in [-0.4, -0.2) is 0 Å². The van der Waals surface area contributed by atoms with E-state index in [2.05, 4.69) is 0 Å². The molecule has 0 saturated heterocycles. The van der Waals surface area contributed by atoms with Crippen molar-refractivity contribution in [3.8, 4) is 0 Å². The van der Waals surface area contributed by atoms with E-state index in [1.165, 1.54) is 6.07 Å². The molecule has 0 N–H and O–H groups in total. The van der Waals surface area contributed by atoms with Gasteiger partial charge in [-0.05, 0) is 6.07 Å². The first-order valence-corrected chi connectivity index (χ1v) is 2.71. The van der Waals surface area contributed by atoms with E-state index in [0.717, 1.165) is 0 Å². The molecule has 1 rings (SSSR count). The number of benzene rings is 1. The van der Waals surface area contributed by atoms with E-state index >= 15 is 0 Å². The lowest BCUT2D eigenvalue weighted by atomic mass is 10.3. The van der Waals surface area contributed by atoms with Crippen molar-refractivity contribution < 1.29 is 13.2 Å². The summed E-state index contributed by atoms with van der Waals surface area (Å²) in [5, 5.41) is -0.473. The van der Waals surface area contributed by atoms with Gasteiger partial charge in [0.05, 0.1) is 11.1 Å². The highest BCUT2D eigenvalue weighted by Gasteiger charge is 2.07. The van der Waals surface area contributed by atoms with Gasteiger partial charge in [-0.25, -0.2) is 13.2 Å². The van der Waals surface area contributed by atoms with E-state index in [1.807, 2.05) is 0 Å². The third-order valence-electron chi connectivity index (χ3n) is 0.892. The van der Waals surface area contributed by atoms with Gasteiger partial charge in [-0.1, -0.05) is 11.6 Å². The molecular formula is C6HClF3. The van der Waals surface area contributed by atoms with E-state index in [0.29, 0.717) is 6.07 Å². The third-order valence-corrected chi connectivity index (χ3v) is 1.17. The van der Waals surface area contributed by atoms with Crippen molar-refractivity contribution in [2.24, 2.45) is 0 Å². The van der Waals surface area contributed by atoms with Gasteiger partial charge in [-0.3, -0.25) is 0 Å². The van der Waals surface area contributed by atoms with Crippen LogP contribution < -0.4 is 0 Å². The lowest BCUT2D eigenvalue weighted by Gasteiger charge is -1.93. The van der Waals surface area contributed by atoms with Gasteiger partial charge in [0.25, 0.3) is 0 Å². The van der Waals surface area contributed by atoms with E-state index in [1.54, 1.807) is 0 Å². The molecule has 0 heterocycles. The number of hydrogen-bond acceptors (Lipinski definition) is 0. The predicted molar refractivity (Wildman–Crippen MR) is 30.2 cm³/mol. The smallest absolute Gasteiger partial charge is 0.169 e. The molecule has 1 radical (unpaired) electrons. The molecule has 0 saturated carbocycles. The van der Waals surface area contributed by atoms with Gasteiger partial charge in [-0.15, -0.1) is 0 Å². The SMILES string of the molecule is Fc1[c]c(F)c(Cl)cc1F. The molecule has 1 aromatic carbocycles. The third kappa shape index (κ3) is 1.24. The first-order chi connectivity index (χ1) is 4.61. The molecule has 0 fully saturated rings. The fourth-order valence-electron chi connectivity index (χ4n) is 0.454. The Hall–Kier alpha value is -0.700. The molecule has 0 atom stereocenters. The highest BCUT2D eigenvalue weighted by atomic mass is 35.5. The van der Waals surface area contributed by atoms with Crippen LogP contribution in [0.1, 0.15) is 0 Å². The zero-order valence-electron chi connectivity index (χ0n) is 4.59. The predicted octanol–water partition coefficient (Wildman–Crippen LogP) is 2.56. The van der Waals surface area contributed by atoms with Gasteiger partial charge >= 0.3 is 0 Å². The summed E-state index contributed by atoms with van der Waals surface area (Å²) in [6.07, 6.45) is 0. The molecule has 1 aromatic rings. The molecule has 10 heavy (non-hydrogen) atoms. The quantitative estimate of drug-likeness (QED) is 0.519. The normalized spacial score (nSPS) is 10.0. The molecule has 53 valence electrons. The van der Waals surface area contributed by atoms with Gasteiger partial charge in [-0.2, -0.15) is 0 Å². The highest BCUT2D eigenvalue weighted by Crippen LogP contribution is 2.16. The summed E-state index contributed by atoms with van der Waals surface area (Å²) in [4.78, 5) is 0. The van der Waals surface area contributed by atoms with Crippen LogP contribution in [0.15, 0.2) is 6.07 Å². The Morgan fingerprint density at radius 3 is 2.30 bits per heavy atom. The second kappa shape index (κ2) is 2.50. The summed E-state index contributed by atoms with van der Waals surface area (Å²) in [6.45, 7) is 0. The molecule has 0 unspecified atom stereocenters. The Morgan fingerprint density at radius 1 is 1.20 bits per heavy atom. The first kappa shape index (κ1) is 7.41. The van der Waals surface area contributed by atoms with E-state index < -0.39 is 22.5 Å². The van der Waals surface area contributed by atoms with Crippen LogP contribution in [0.4, 0.5) is 13.2 Å². The molecule has 0 bridgehead atoms. The van der Waals surface area contributed by atoms with Crippen molar-refractivity contribution in [3.05, 3.63) is 34.6 Å². The topological polar surface area (TPSA) is 0 Å². The lowest BCUT2D eigenvalue weighted by molar-refractivity contribution is 0.492. The van der Waals surface area contributed by atoms with Gasteiger partial charge in [0.15, 0.2) is 17.5 Å². The summed E-state index contributed by atoms with van der Waals surface area (Å²) in [5.41, 5.74) is 0. The number of rotatable bonds is 0. The molecule has 0 spiro atoms. The average molecular weight is 166 g/mol. The number of halogens is 4. The summed E-state index contributed by atoms with van der Waals surface area (Å²) >= 11 is 5.07. The maximum Gasteiger partial charge on any atom is 0.169 e. The van der Waals surface area contributed by atoms with E-state index in [4.69, 9.17) is 11.6 Å². The Kier molecular flexibility index (Phi) is 1.85. The number of hydrogen-bond donors (Lipinski definition) is 0. The van der Waals surface area contributed by atoms with Crippen LogP contribution in [0, 0.1) is 23.5 Å². The van der Waals surface area contributed by atoms with Gasteiger partial charge in [0.2, 0.25) is 0 Å². The molecule has 0 aliphatic heterocycles. The zero-order valence-corrected chi connectivity index (χ0v) is 5.35. The van der Waals surface area contributed by atoms with Crippen molar-refractivity contribution in [2.45, 2.75) is 0 Å². The van der Waals surface area contributed by atoms with Crippen molar-refractivity contribution in [2.75, 3.05) is 0 Å². The summed E-state index contributed by atoms with van der Waals surface area (Å²) in [5.74, 6) is -3.64. The van der Waals surface area contributed by atoms with E-state index in [-0.39, 0.29) is 0 Å². The second-order valence-electron chi connectivity index (χ2n) is 1.59. The van der Waals surface area contributed by atoms with Crippen LogP contribution in [0.2, 0.25) is 5.02 Å². The monoisotopic (exact) mass is 165 g/mol. The maximum atomic E-state index is 12.2. The van der Waals surface area contributed by atoms with E-state index in [9.17, 15) is 13.2 Å². The fourth-order valence-corrected chi connectivity index (χ4v) is 0.597. The molecular weight excluding hydrogens is 165 g/mol. The minimum absolute atomic E-state index is 0.473. The van der Waals surface area contributed by atoms with Crippen LogP contribution in [0.25, 0.3) is 0 Å². The van der Waals surface area contributed by atoms with Gasteiger partial charge in [0.1, 0.15) is 0 Å². The van der Waals surface area contributed by atoms with Crippen molar-refractivity contribution in [1.82, 2.24) is 0 Å². The second-order valence-corrected chi connectivity index (χ2v) is 2.00. The summed E-state index contributed by atoms with van der Waals surface area (Å²) in [6, 6.07) is 2.02. The molecule has 4 heteroatoms. The molecule has 0 nitrogen and oxygen atoms in total. The zero-order chi connectivity index (χ0) is 7.72. The van der Waals surface area contributed by atoms with Crippen LogP contribution in [0.3, 0.4) is 0 Å². The minimum Gasteiger partial charge on any atom is -0.205 e. The van der Waals surface area contributed by atoms with Crippen molar-refractivity contribution in [3.63, 3.8) is 0 Å². The Labute approximate surface area is 60.2 Å². The maximum absolute atomic E-state index is 12.2. The summed E-state index contributed by atoms with van der Waals surface area (Å²) in [7, 11) is 0. The van der Waals surface area contributed by atoms with Crippen LogP contribution in [0.5, 0.6) is 0 Å². The standard InChI is InChI=1S/C6HClF3/c7-3-1-5(9)6(10)2-4(3)8/h1H.